The first-order valence-corrected chi connectivity index (χ1v) is 4.57. The Balaban J connectivity index is 2.59. The molecule has 0 aliphatic rings. The van der Waals surface area contributed by atoms with E-state index in [1.54, 1.807) is 0 Å². The summed E-state index contributed by atoms with van der Waals surface area (Å²) < 4.78 is 0.543. The van der Waals surface area contributed by atoms with Crippen LogP contribution < -0.4 is 5.32 Å². The highest BCUT2D eigenvalue weighted by atomic mass is 79.9. The Bertz CT molecular complexity index is 402. The van der Waals surface area contributed by atoms with Crippen LogP contribution in [0.4, 0.5) is 5.82 Å². The van der Waals surface area contributed by atoms with E-state index in [9.17, 15) is 9.59 Å². The topological polar surface area (TPSA) is 92.2 Å². The van der Waals surface area contributed by atoms with Gasteiger partial charge in [-0.15, -0.1) is 0 Å². The van der Waals surface area contributed by atoms with Gasteiger partial charge in [0, 0.05) is 12.2 Å². The molecule has 0 radical (unpaired) electrons. The van der Waals surface area contributed by atoms with Crippen LogP contribution in [0.15, 0.2) is 29.1 Å². The fraction of sp³-hybridized carbons (Fsp3) is 0. The quantitative estimate of drug-likeness (QED) is 0.794. The van der Waals surface area contributed by atoms with Crippen molar-refractivity contribution in [1.29, 1.82) is 0 Å². The Morgan fingerprint density at radius 3 is 2.60 bits per heavy atom. The highest BCUT2D eigenvalue weighted by molar-refractivity contribution is 9.10. The minimum atomic E-state index is -1.19. The number of carboxylic acids is 1. The zero-order valence-corrected chi connectivity index (χ0v) is 8.93. The molecule has 0 bridgehead atoms. The van der Waals surface area contributed by atoms with Crippen molar-refractivity contribution in [3.63, 3.8) is 0 Å². The van der Waals surface area contributed by atoms with Gasteiger partial charge in [0.05, 0.1) is 12.4 Å². The molecule has 0 spiro atoms. The normalized spacial score (nSPS) is 10.2. The number of anilines is 1. The van der Waals surface area contributed by atoms with Crippen molar-refractivity contribution in [3.05, 3.63) is 29.1 Å². The third-order valence-electron chi connectivity index (χ3n) is 1.25. The Morgan fingerprint density at radius 2 is 2.07 bits per heavy atom. The summed E-state index contributed by atoms with van der Waals surface area (Å²) in [5.74, 6) is -1.51. The number of carboxylic acid groups (broad SMARTS) is 1. The lowest BCUT2D eigenvalue weighted by Crippen LogP contribution is -2.10. The Kier molecular flexibility index (Phi) is 3.92. The minimum Gasteiger partial charge on any atom is -0.478 e. The molecule has 0 saturated heterocycles. The molecule has 0 aliphatic carbocycles. The number of nitrogens with one attached hydrogen (secondary N) is 1. The maximum atomic E-state index is 11.1. The number of nitrogens with zero attached hydrogens (tertiary/aromatic N) is 2. The van der Waals surface area contributed by atoms with E-state index in [1.165, 1.54) is 12.4 Å². The summed E-state index contributed by atoms with van der Waals surface area (Å²) in [5.41, 5.74) is 0. The van der Waals surface area contributed by atoms with Gasteiger partial charge in [-0.2, -0.15) is 0 Å². The van der Waals surface area contributed by atoms with Crippen LogP contribution in [0, 0.1) is 0 Å². The van der Waals surface area contributed by atoms with Crippen LogP contribution in [-0.4, -0.2) is 27.0 Å². The zero-order valence-electron chi connectivity index (χ0n) is 7.35. The Morgan fingerprint density at radius 1 is 1.33 bits per heavy atom. The number of amides is 1. The monoisotopic (exact) mass is 271 g/mol. The molecule has 2 N–H and O–H groups in total. The lowest BCUT2D eigenvalue weighted by atomic mass is 10.4. The molecular weight excluding hydrogens is 266 g/mol. The Hall–Kier alpha value is -1.76. The van der Waals surface area contributed by atoms with Crippen LogP contribution in [0.3, 0.4) is 0 Å². The lowest BCUT2D eigenvalue weighted by Gasteiger charge is -1.99. The molecule has 0 unspecified atom stereocenters. The van der Waals surface area contributed by atoms with Gasteiger partial charge in [-0.3, -0.25) is 4.79 Å². The number of hydrogen-bond donors (Lipinski definition) is 2. The third kappa shape index (κ3) is 4.32. The molecule has 0 fully saturated rings. The molecular formula is C8H6BrN3O3. The van der Waals surface area contributed by atoms with E-state index in [4.69, 9.17) is 5.11 Å². The van der Waals surface area contributed by atoms with Gasteiger partial charge in [-0.05, 0) is 15.9 Å². The van der Waals surface area contributed by atoms with Crippen molar-refractivity contribution >= 4 is 33.6 Å². The van der Waals surface area contributed by atoms with Crippen molar-refractivity contribution in [1.82, 2.24) is 9.97 Å². The van der Waals surface area contributed by atoms with Crippen molar-refractivity contribution in [3.8, 4) is 0 Å². The molecule has 1 amide bonds. The van der Waals surface area contributed by atoms with Gasteiger partial charge < -0.3 is 10.4 Å². The van der Waals surface area contributed by atoms with Crippen molar-refractivity contribution in [2.45, 2.75) is 0 Å². The van der Waals surface area contributed by atoms with Crippen LogP contribution in [0.25, 0.3) is 0 Å². The Labute approximate surface area is 93.2 Å². The first-order chi connectivity index (χ1) is 7.08. The van der Waals surface area contributed by atoms with E-state index >= 15 is 0 Å². The average molecular weight is 272 g/mol. The molecule has 78 valence electrons. The second kappa shape index (κ2) is 5.20. The van der Waals surface area contributed by atoms with Crippen LogP contribution in [0.1, 0.15) is 0 Å². The molecule has 1 aromatic rings. The number of rotatable bonds is 3. The molecule has 1 rings (SSSR count). The predicted octanol–water partition coefficient (Wildman–Crippen LogP) is 0.818. The van der Waals surface area contributed by atoms with Crippen molar-refractivity contribution in [2.75, 3.05) is 5.32 Å². The molecule has 15 heavy (non-hydrogen) atoms. The number of carbonyl (C=O) groups is 2. The van der Waals surface area contributed by atoms with E-state index in [2.05, 4.69) is 31.2 Å². The molecule has 0 aromatic carbocycles. The van der Waals surface area contributed by atoms with Crippen LogP contribution in [0.5, 0.6) is 0 Å². The molecule has 6 nitrogen and oxygen atoms in total. The highest BCUT2D eigenvalue weighted by Gasteiger charge is 2.00. The van der Waals surface area contributed by atoms with E-state index in [-0.39, 0.29) is 5.82 Å². The maximum Gasteiger partial charge on any atom is 0.328 e. The molecule has 1 heterocycles. The molecule has 0 aliphatic heterocycles. The predicted molar refractivity (Wildman–Crippen MR) is 55.1 cm³/mol. The molecule has 0 atom stereocenters. The van der Waals surface area contributed by atoms with E-state index in [0.29, 0.717) is 4.60 Å². The fourth-order valence-corrected chi connectivity index (χ4v) is 0.896. The van der Waals surface area contributed by atoms with Gasteiger partial charge in [-0.25, -0.2) is 14.8 Å². The number of halogens is 1. The molecule has 7 heteroatoms. The SMILES string of the molecule is O=C(O)C=CC(=O)Nc1cnc(Br)cn1. The summed E-state index contributed by atoms with van der Waals surface area (Å²) in [6, 6.07) is 0. The third-order valence-corrected chi connectivity index (χ3v) is 1.66. The first kappa shape index (κ1) is 11.3. The smallest absolute Gasteiger partial charge is 0.328 e. The molecule has 1 aromatic heterocycles. The van der Waals surface area contributed by atoms with E-state index in [0.717, 1.165) is 12.2 Å². The number of aliphatic carboxylic acids is 1. The fourth-order valence-electron chi connectivity index (χ4n) is 0.692. The van der Waals surface area contributed by atoms with Gasteiger partial charge >= 0.3 is 5.97 Å². The van der Waals surface area contributed by atoms with Gasteiger partial charge in [0.1, 0.15) is 4.60 Å². The second-order valence-electron chi connectivity index (χ2n) is 2.39. The largest absolute Gasteiger partial charge is 0.478 e. The first-order valence-electron chi connectivity index (χ1n) is 3.77. The average Bonchev–Trinajstić information content (AvgIpc) is 2.19. The van der Waals surface area contributed by atoms with Crippen LogP contribution in [0.2, 0.25) is 0 Å². The van der Waals surface area contributed by atoms with Gasteiger partial charge in [0.25, 0.3) is 0 Å². The zero-order chi connectivity index (χ0) is 11.3. The van der Waals surface area contributed by atoms with Crippen molar-refractivity contribution < 1.29 is 14.7 Å². The van der Waals surface area contributed by atoms with Crippen LogP contribution >= 0.6 is 15.9 Å². The summed E-state index contributed by atoms with van der Waals surface area (Å²) in [6.45, 7) is 0. The van der Waals surface area contributed by atoms with E-state index in [1.807, 2.05) is 0 Å². The maximum absolute atomic E-state index is 11.1. The summed E-state index contributed by atoms with van der Waals surface area (Å²) in [6.07, 6.45) is 4.39. The minimum absolute atomic E-state index is 0.248. The van der Waals surface area contributed by atoms with Gasteiger partial charge in [0.15, 0.2) is 5.82 Å². The van der Waals surface area contributed by atoms with Gasteiger partial charge in [0.2, 0.25) is 5.91 Å². The number of aromatic nitrogens is 2. The summed E-state index contributed by atoms with van der Waals surface area (Å²) >= 11 is 3.08. The standard InChI is InChI=1S/C8H6BrN3O3/c9-5-3-11-6(4-10-5)12-7(13)1-2-8(14)15/h1-4H,(H,14,15)(H,11,12,13). The number of hydrogen-bond acceptors (Lipinski definition) is 4. The van der Waals surface area contributed by atoms with Crippen molar-refractivity contribution in [2.24, 2.45) is 0 Å². The summed E-state index contributed by atoms with van der Waals surface area (Å²) in [7, 11) is 0. The molecule has 0 saturated carbocycles. The summed E-state index contributed by atoms with van der Waals surface area (Å²) in [4.78, 5) is 28.8. The second-order valence-corrected chi connectivity index (χ2v) is 3.20. The van der Waals surface area contributed by atoms with E-state index < -0.39 is 11.9 Å². The highest BCUT2D eigenvalue weighted by Crippen LogP contribution is 2.05. The van der Waals surface area contributed by atoms with Gasteiger partial charge in [-0.1, -0.05) is 0 Å². The lowest BCUT2D eigenvalue weighted by molar-refractivity contribution is -0.131. The number of carbonyl (C=O) groups excluding carboxylic acids is 1. The summed E-state index contributed by atoms with van der Waals surface area (Å²) in [5, 5.41) is 10.6. The van der Waals surface area contributed by atoms with Crippen LogP contribution in [-0.2, 0) is 9.59 Å².